The Morgan fingerprint density at radius 2 is 2.09 bits per heavy atom. The minimum Gasteiger partial charge on any atom is -0.466 e. The highest BCUT2D eigenvalue weighted by atomic mass is 16.5. The van der Waals surface area contributed by atoms with Crippen molar-refractivity contribution in [3.8, 4) is 0 Å². The minimum absolute atomic E-state index is 0.111. The molecule has 64 valence electrons. The Hall–Kier alpha value is -0.790. The predicted molar refractivity (Wildman–Crippen MR) is 45.2 cm³/mol. The van der Waals surface area contributed by atoms with Crippen molar-refractivity contribution in [1.82, 2.24) is 0 Å². The fourth-order valence-electron chi connectivity index (χ4n) is 0.842. The normalized spacial score (nSPS) is 12.0. The van der Waals surface area contributed by atoms with Crippen LogP contribution in [0, 0.1) is 5.92 Å². The first-order chi connectivity index (χ1) is 5.07. The van der Waals surface area contributed by atoms with Crippen LogP contribution in [-0.2, 0) is 9.53 Å². The van der Waals surface area contributed by atoms with E-state index in [4.69, 9.17) is 4.74 Å². The molecule has 0 N–H and O–H groups in total. The van der Waals surface area contributed by atoms with E-state index in [2.05, 4.69) is 0 Å². The summed E-state index contributed by atoms with van der Waals surface area (Å²) in [6, 6.07) is 0. The molecule has 0 aromatic rings. The molecule has 0 fully saturated rings. The molecular weight excluding hydrogens is 140 g/mol. The first-order valence-corrected chi connectivity index (χ1v) is 3.89. The third-order valence-electron chi connectivity index (χ3n) is 1.24. The fourth-order valence-corrected chi connectivity index (χ4v) is 0.842. The van der Waals surface area contributed by atoms with E-state index < -0.39 is 0 Å². The van der Waals surface area contributed by atoms with Gasteiger partial charge in [0.05, 0.1) is 12.5 Å². The van der Waals surface area contributed by atoms with Crippen LogP contribution in [0.5, 0.6) is 0 Å². The summed E-state index contributed by atoms with van der Waals surface area (Å²) in [5.74, 6) is -0.256. The molecule has 0 amide bonds. The lowest BCUT2D eigenvalue weighted by Crippen LogP contribution is -2.12. The van der Waals surface area contributed by atoms with Gasteiger partial charge in [-0.1, -0.05) is 11.6 Å². The molecular formula is C9H16O2. The van der Waals surface area contributed by atoms with Crippen LogP contribution in [0.1, 0.15) is 27.7 Å². The van der Waals surface area contributed by atoms with Crippen LogP contribution in [0.2, 0.25) is 0 Å². The van der Waals surface area contributed by atoms with Gasteiger partial charge in [-0.2, -0.15) is 0 Å². The van der Waals surface area contributed by atoms with Crippen molar-refractivity contribution in [3.05, 3.63) is 11.6 Å². The van der Waals surface area contributed by atoms with E-state index in [1.165, 1.54) is 0 Å². The summed E-state index contributed by atoms with van der Waals surface area (Å²) in [6.45, 7) is 8.04. The number of esters is 1. The molecule has 0 unspecified atom stereocenters. The predicted octanol–water partition coefficient (Wildman–Crippen LogP) is 2.15. The van der Waals surface area contributed by atoms with Gasteiger partial charge < -0.3 is 4.74 Å². The second-order valence-electron chi connectivity index (χ2n) is 2.78. The standard InChI is InChI=1S/C9H16O2/c1-5-11-9(10)8(4)6-7(2)3/h6,8H,5H2,1-4H3/t8-/m1/s1. The Balaban J connectivity index is 3.93. The molecule has 0 radical (unpaired) electrons. The molecule has 2 heteroatoms. The molecule has 0 bridgehead atoms. The molecule has 0 saturated heterocycles. The van der Waals surface area contributed by atoms with Crippen LogP contribution in [0.4, 0.5) is 0 Å². The smallest absolute Gasteiger partial charge is 0.312 e. The summed E-state index contributed by atoms with van der Waals surface area (Å²) in [6.07, 6.45) is 1.90. The number of carbonyl (C=O) groups is 1. The van der Waals surface area contributed by atoms with Crippen molar-refractivity contribution in [2.24, 2.45) is 5.92 Å². The van der Waals surface area contributed by atoms with Gasteiger partial charge in [0.1, 0.15) is 0 Å². The lowest BCUT2D eigenvalue weighted by molar-refractivity contribution is -0.145. The van der Waals surface area contributed by atoms with Crippen molar-refractivity contribution >= 4 is 5.97 Å². The molecule has 0 aliphatic carbocycles. The Labute approximate surface area is 68.2 Å². The second-order valence-corrected chi connectivity index (χ2v) is 2.78. The first kappa shape index (κ1) is 10.2. The van der Waals surface area contributed by atoms with E-state index >= 15 is 0 Å². The highest BCUT2D eigenvalue weighted by molar-refractivity contribution is 5.74. The summed E-state index contributed by atoms with van der Waals surface area (Å²) in [5.41, 5.74) is 1.14. The van der Waals surface area contributed by atoms with Crippen LogP contribution in [0.25, 0.3) is 0 Å². The molecule has 1 atom stereocenters. The lowest BCUT2D eigenvalue weighted by Gasteiger charge is -2.05. The van der Waals surface area contributed by atoms with E-state index in [0.717, 1.165) is 5.57 Å². The van der Waals surface area contributed by atoms with E-state index in [0.29, 0.717) is 6.61 Å². The van der Waals surface area contributed by atoms with E-state index in [1.54, 1.807) is 0 Å². The molecule has 0 aliphatic rings. The maximum absolute atomic E-state index is 11.0. The number of rotatable bonds is 3. The van der Waals surface area contributed by atoms with Gasteiger partial charge in [-0.15, -0.1) is 0 Å². The Kier molecular flexibility index (Phi) is 4.59. The van der Waals surface area contributed by atoms with Crippen LogP contribution in [0.15, 0.2) is 11.6 Å². The largest absolute Gasteiger partial charge is 0.466 e. The molecule has 0 aromatic heterocycles. The van der Waals surface area contributed by atoms with Crippen molar-refractivity contribution in [2.45, 2.75) is 27.7 Å². The number of allylic oxidation sites excluding steroid dienone is 1. The van der Waals surface area contributed by atoms with E-state index in [9.17, 15) is 4.79 Å². The highest BCUT2D eigenvalue weighted by Crippen LogP contribution is 2.04. The van der Waals surface area contributed by atoms with Gasteiger partial charge in [-0.3, -0.25) is 4.79 Å². The third kappa shape index (κ3) is 4.59. The fraction of sp³-hybridized carbons (Fsp3) is 0.667. The highest BCUT2D eigenvalue weighted by Gasteiger charge is 2.09. The second kappa shape index (κ2) is 4.94. The van der Waals surface area contributed by atoms with E-state index in [1.807, 2.05) is 33.8 Å². The lowest BCUT2D eigenvalue weighted by atomic mass is 10.1. The minimum atomic E-state index is -0.145. The van der Waals surface area contributed by atoms with Gasteiger partial charge in [0.15, 0.2) is 0 Å². The van der Waals surface area contributed by atoms with Crippen LogP contribution in [0.3, 0.4) is 0 Å². The summed E-state index contributed by atoms with van der Waals surface area (Å²) < 4.78 is 4.82. The molecule has 0 spiro atoms. The first-order valence-electron chi connectivity index (χ1n) is 3.89. The number of ether oxygens (including phenoxy) is 1. The van der Waals surface area contributed by atoms with E-state index in [-0.39, 0.29) is 11.9 Å². The molecule has 0 saturated carbocycles. The van der Waals surface area contributed by atoms with Crippen molar-refractivity contribution < 1.29 is 9.53 Å². The monoisotopic (exact) mass is 156 g/mol. The average molecular weight is 156 g/mol. The number of hydrogen-bond donors (Lipinski definition) is 0. The summed E-state index contributed by atoms with van der Waals surface area (Å²) in [7, 11) is 0. The topological polar surface area (TPSA) is 26.3 Å². The Morgan fingerprint density at radius 3 is 2.45 bits per heavy atom. The summed E-state index contributed by atoms with van der Waals surface area (Å²) >= 11 is 0. The van der Waals surface area contributed by atoms with Crippen molar-refractivity contribution in [3.63, 3.8) is 0 Å². The number of carbonyl (C=O) groups excluding carboxylic acids is 1. The van der Waals surface area contributed by atoms with Crippen molar-refractivity contribution in [2.75, 3.05) is 6.61 Å². The molecule has 0 rings (SSSR count). The molecule has 2 nitrogen and oxygen atoms in total. The Bertz CT molecular complexity index is 155. The maximum Gasteiger partial charge on any atom is 0.312 e. The molecule has 11 heavy (non-hydrogen) atoms. The SMILES string of the molecule is CCOC(=O)[C@H](C)C=C(C)C. The summed E-state index contributed by atoms with van der Waals surface area (Å²) in [4.78, 5) is 11.0. The van der Waals surface area contributed by atoms with Crippen LogP contribution < -0.4 is 0 Å². The van der Waals surface area contributed by atoms with Gasteiger partial charge in [0.25, 0.3) is 0 Å². The van der Waals surface area contributed by atoms with Gasteiger partial charge in [0.2, 0.25) is 0 Å². The van der Waals surface area contributed by atoms with Crippen LogP contribution >= 0.6 is 0 Å². The zero-order valence-corrected chi connectivity index (χ0v) is 7.68. The van der Waals surface area contributed by atoms with Gasteiger partial charge >= 0.3 is 5.97 Å². The average Bonchev–Trinajstić information content (AvgIpc) is 1.86. The quantitative estimate of drug-likeness (QED) is 0.462. The Morgan fingerprint density at radius 1 is 1.55 bits per heavy atom. The molecule has 0 heterocycles. The zero-order chi connectivity index (χ0) is 8.85. The summed E-state index contributed by atoms with van der Waals surface area (Å²) in [5, 5.41) is 0. The van der Waals surface area contributed by atoms with Gasteiger partial charge in [-0.05, 0) is 27.7 Å². The number of hydrogen-bond acceptors (Lipinski definition) is 2. The van der Waals surface area contributed by atoms with Crippen molar-refractivity contribution in [1.29, 1.82) is 0 Å². The third-order valence-corrected chi connectivity index (χ3v) is 1.24. The molecule has 0 aliphatic heterocycles. The molecule has 0 aromatic carbocycles. The van der Waals surface area contributed by atoms with Crippen LogP contribution in [-0.4, -0.2) is 12.6 Å². The van der Waals surface area contributed by atoms with Gasteiger partial charge in [-0.25, -0.2) is 0 Å². The maximum atomic E-state index is 11.0. The zero-order valence-electron chi connectivity index (χ0n) is 7.68. The van der Waals surface area contributed by atoms with Gasteiger partial charge in [0, 0.05) is 0 Å².